The first-order valence-electron chi connectivity index (χ1n) is 31.1. The van der Waals surface area contributed by atoms with Gasteiger partial charge in [-0.1, -0.05) is 42.5 Å². The first-order valence-corrected chi connectivity index (χ1v) is 31.1. The standard InChI is InChI=1S/C22H20F2N4O2.2C17H17FN2O3.C6H8N2O.C5H5FN2.C5H6N2/c1-13-19(11-25-14(2)27-13)30-12-16-9-22(16,15-4-3-5-17(23)8-15)21(29)28-20-7-6-18(24)10-26-20;1-10-15(8-19-11(2)20-10)23-9-13-7-17(13,16(21)22)12-4-3-5-14(18)6-12;1-10-15(8-19-11(2)20-10)23-9-17(7-14(17)16(21)22)12-4-3-5-13(18)6-12;1-4-6(9)3-7-5(2)8-4;6-4-1-2-5(7)8-3-4;6-5-3-1-2-4-7-5/h3-8,10-11,16H,9,12H2,1-2H3,(H,26,28,29);3-6,8,13H,7,9H2,1-2H3,(H,21,22);3-6,8,14H,7,9H2,1-2H3,(H,21,22);3,9H,1-2H3;1-3H,(H2,7,8);1-4H,(H2,6,7)/t16-,22+;13-,17+;14-,17+;;;/m000.../s1. The Morgan fingerprint density at radius 2 is 0.930 bits per heavy atom. The molecule has 0 aliphatic heterocycles. The number of halogens is 5. The molecule has 13 rings (SSSR count). The van der Waals surface area contributed by atoms with Crippen LogP contribution in [0.5, 0.6) is 23.0 Å². The van der Waals surface area contributed by atoms with Crippen molar-refractivity contribution in [3.8, 4) is 23.0 Å². The monoisotopic (exact) mass is 1370 g/mol. The summed E-state index contributed by atoms with van der Waals surface area (Å²) < 4.78 is 83.3. The molecule has 3 saturated carbocycles. The number of carboxylic acid groups (broad SMARTS) is 2. The van der Waals surface area contributed by atoms with Gasteiger partial charge in [-0.05, 0) is 164 Å². The van der Waals surface area contributed by atoms with E-state index in [1.165, 1.54) is 72.9 Å². The van der Waals surface area contributed by atoms with Crippen LogP contribution < -0.4 is 31.0 Å². The number of nitrogens with zero attached hydrogens (tertiary/aromatic N) is 11. The molecular weight excluding hydrogens is 1300 g/mol. The van der Waals surface area contributed by atoms with Crippen molar-refractivity contribution >= 4 is 35.3 Å². The Kier molecular flexibility index (Phi) is 24.5. The van der Waals surface area contributed by atoms with Crippen LogP contribution in [0.15, 0.2) is 159 Å². The van der Waals surface area contributed by atoms with Gasteiger partial charge in [0.15, 0.2) is 23.0 Å². The second-order valence-corrected chi connectivity index (χ2v) is 23.7. The molecule has 8 N–H and O–H groups in total. The number of pyridine rings is 3. The van der Waals surface area contributed by atoms with Gasteiger partial charge in [0, 0.05) is 23.4 Å². The zero-order chi connectivity index (χ0) is 72.5. The molecule has 0 spiro atoms. The van der Waals surface area contributed by atoms with E-state index in [2.05, 4.69) is 60.1 Å². The van der Waals surface area contributed by atoms with Crippen LogP contribution >= 0.6 is 0 Å². The largest absolute Gasteiger partial charge is 0.504 e. The van der Waals surface area contributed by atoms with E-state index >= 15 is 0 Å². The number of aromatic hydroxyl groups is 1. The normalized spacial score (nSPS) is 18.6. The zero-order valence-electron chi connectivity index (χ0n) is 55.7. The van der Waals surface area contributed by atoms with E-state index in [0.717, 1.165) is 12.4 Å². The van der Waals surface area contributed by atoms with Crippen LogP contribution in [-0.2, 0) is 30.6 Å². The molecule has 3 aromatic carbocycles. The second kappa shape index (κ2) is 33.0. The lowest BCUT2D eigenvalue weighted by atomic mass is 9.92. The van der Waals surface area contributed by atoms with Gasteiger partial charge in [0.25, 0.3) is 0 Å². The molecule has 0 bridgehead atoms. The molecule has 6 atom stereocenters. The summed E-state index contributed by atoms with van der Waals surface area (Å²) in [5, 5.41) is 30.6. The number of benzene rings is 3. The van der Waals surface area contributed by atoms with Crippen molar-refractivity contribution in [3.05, 3.63) is 250 Å². The molecule has 28 heteroatoms. The highest BCUT2D eigenvalue weighted by Gasteiger charge is 2.63. The lowest BCUT2D eigenvalue weighted by molar-refractivity contribution is -0.141. The highest BCUT2D eigenvalue weighted by atomic mass is 19.1. The molecule has 3 fully saturated rings. The summed E-state index contributed by atoms with van der Waals surface area (Å²) >= 11 is 0. The molecule has 7 heterocycles. The SMILES string of the molecule is Cc1ncc(O)c(C)n1.Cc1ncc(OC[C@@H]2C[C@@]2(C(=O)Nc2ccc(F)cn2)c2cccc(F)c2)c(C)n1.Cc1ncc(OC[C@@H]2C[C@@]2(C(=O)O)c2cccc(F)c2)c(C)n1.Cc1ncc(OC[C@@]2(c3cccc(F)c3)C[C@H]2C(=O)O)c(C)n1.Nc1ccc(F)cn1.Nc1ccccn1. The number of carbonyl (C=O) groups is 3. The molecule has 0 radical (unpaired) electrons. The fourth-order valence-corrected chi connectivity index (χ4v) is 10.8. The van der Waals surface area contributed by atoms with Crippen LogP contribution in [0.4, 0.5) is 39.4 Å². The number of anilines is 3. The van der Waals surface area contributed by atoms with Gasteiger partial charge in [-0.15, -0.1) is 0 Å². The third-order valence-corrected chi connectivity index (χ3v) is 16.5. The van der Waals surface area contributed by atoms with Crippen molar-refractivity contribution in [1.82, 2.24) is 54.8 Å². The van der Waals surface area contributed by atoms with Gasteiger partial charge in [-0.25, -0.2) is 76.8 Å². The first-order chi connectivity index (χ1) is 47.6. The number of amides is 1. The second-order valence-electron chi connectivity index (χ2n) is 23.7. The topological polar surface area (TPSA) is 345 Å². The maximum absolute atomic E-state index is 13.9. The summed E-state index contributed by atoms with van der Waals surface area (Å²) in [4.78, 5) is 80.1. The van der Waals surface area contributed by atoms with Gasteiger partial charge in [0.05, 0.1) is 96.5 Å². The van der Waals surface area contributed by atoms with Gasteiger partial charge >= 0.3 is 11.9 Å². The Labute approximate surface area is 572 Å². The molecule has 1 amide bonds. The van der Waals surface area contributed by atoms with Crippen LogP contribution in [0.3, 0.4) is 0 Å². The molecule has 3 aliphatic rings. The number of aliphatic carboxylic acids is 2. The van der Waals surface area contributed by atoms with Crippen molar-refractivity contribution in [2.24, 2.45) is 17.8 Å². The number of nitrogens with one attached hydrogen (secondary N) is 1. The number of carbonyl (C=O) groups excluding carboxylic acids is 1. The van der Waals surface area contributed by atoms with E-state index in [9.17, 15) is 46.5 Å². The molecule has 10 aromatic rings. The van der Waals surface area contributed by atoms with E-state index in [4.69, 9.17) is 30.8 Å². The lowest BCUT2D eigenvalue weighted by Crippen LogP contribution is -2.31. The summed E-state index contributed by atoms with van der Waals surface area (Å²) in [6.45, 7) is 15.0. The van der Waals surface area contributed by atoms with E-state index < -0.39 is 51.6 Å². The predicted molar refractivity (Wildman–Crippen MR) is 358 cm³/mol. The van der Waals surface area contributed by atoms with Crippen LogP contribution in [0, 0.1) is 102 Å². The fraction of sp³-hybridized carbons (Fsp3) is 0.278. The number of aryl methyl sites for hydroxylation is 8. The number of carboxylic acids is 2. The van der Waals surface area contributed by atoms with Crippen LogP contribution in [0.1, 0.15) is 82.0 Å². The predicted octanol–water partition coefficient (Wildman–Crippen LogP) is 11.3. The molecule has 100 heavy (non-hydrogen) atoms. The minimum Gasteiger partial charge on any atom is -0.504 e. The maximum atomic E-state index is 13.9. The lowest BCUT2D eigenvalue weighted by Gasteiger charge is -2.18. The number of hydrogen-bond donors (Lipinski definition) is 6. The molecule has 0 unspecified atom stereocenters. The first kappa shape index (κ1) is 74.1. The number of nitrogen functional groups attached to an aromatic ring is 2. The highest BCUT2D eigenvalue weighted by molar-refractivity contribution is 6.01. The fourth-order valence-electron chi connectivity index (χ4n) is 10.8. The molecule has 0 saturated heterocycles. The van der Waals surface area contributed by atoms with Gasteiger partial charge in [0.1, 0.15) is 69.8 Å². The summed E-state index contributed by atoms with van der Waals surface area (Å²) in [6, 6.07) is 28.5. The number of aromatic nitrogens is 11. The van der Waals surface area contributed by atoms with Crippen molar-refractivity contribution in [1.29, 1.82) is 0 Å². The van der Waals surface area contributed by atoms with E-state index in [1.54, 1.807) is 103 Å². The molecule has 7 aromatic heterocycles. The molecular formula is C72H73F5N14O9. The highest BCUT2D eigenvalue weighted by Crippen LogP contribution is 2.57. The van der Waals surface area contributed by atoms with Crippen molar-refractivity contribution in [2.45, 2.75) is 90.9 Å². The van der Waals surface area contributed by atoms with Crippen molar-refractivity contribution in [2.75, 3.05) is 36.6 Å². The Morgan fingerprint density at radius 1 is 0.480 bits per heavy atom. The number of rotatable bonds is 16. The summed E-state index contributed by atoms with van der Waals surface area (Å²) in [7, 11) is 0. The Bertz CT molecular complexity index is 4460. The summed E-state index contributed by atoms with van der Waals surface area (Å²) in [6.07, 6.45) is 11.3. The van der Waals surface area contributed by atoms with E-state index in [0.29, 0.717) is 111 Å². The van der Waals surface area contributed by atoms with Gasteiger partial charge in [-0.2, -0.15) is 0 Å². The minimum atomic E-state index is -1.07. The minimum absolute atomic E-state index is 0.153. The van der Waals surface area contributed by atoms with Gasteiger partial charge in [-0.3, -0.25) is 14.4 Å². The summed E-state index contributed by atoms with van der Waals surface area (Å²) in [5.74, 6) is 0.285. The van der Waals surface area contributed by atoms with Gasteiger partial charge in [0.2, 0.25) is 5.91 Å². The third-order valence-electron chi connectivity index (χ3n) is 16.5. The van der Waals surface area contributed by atoms with Gasteiger partial charge < -0.3 is 46.3 Å². The molecule has 520 valence electrons. The van der Waals surface area contributed by atoms with Crippen molar-refractivity contribution in [3.63, 3.8) is 0 Å². The third kappa shape index (κ3) is 19.5. The maximum Gasteiger partial charge on any atom is 0.314 e. The average Bonchev–Trinajstić information content (AvgIpc) is 1.58. The Balaban J connectivity index is 0.000000164. The Morgan fingerprint density at radius 3 is 1.33 bits per heavy atom. The van der Waals surface area contributed by atoms with Crippen molar-refractivity contribution < 1.29 is 65.9 Å². The molecule has 23 nitrogen and oxygen atoms in total. The number of nitrogens with two attached hydrogens (primary N) is 2. The van der Waals surface area contributed by atoms with E-state index in [1.807, 2.05) is 26.0 Å². The number of ether oxygens (including phenoxy) is 3. The average molecular weight is 1370 g/mol. The zero-order valence-corrected chi connectivity index (χ0v) is 55.7. The van der Waals surface area contributed by atoms with E-state index in [-0.39, 0.29) is 60.8 Å². The van der Waals surface area contributed by atoms with Crippen LogP contribution in [0.2, 0.25) is 0 Å². The smallest absolute Gasteiger partial charge is 0.314 e. The summed E-state index contributed by atoms with van der Waals surface area (Å²) in [5.41, 5.74) is 12.1. The number of hydrogen-bond acceptors (Lipinski definition) is 20. The van der Waals surface area contributed by atoms with Crippen LogP contribution in [-0.4, -0.2) is 108 Å². The Hall–Kier alpha value is -11.7. The molecule has 3 aliphatic carbocycles. The quantitative estimate of drug-likeness (QED) is 0.0489. The van der Waals surface area contributed by atoms with Crippen LogP contribution in [0.25, 0.3) is 0 Å².